The number of likely N-dealkylation sites (tertiary alicyclic amines) is 1. The molecule has 0 radical (unpaired) electrons. The van der Waals surface area contributed by atoms with Gasteiger partial charge in [-0.15, -0.1) is 0 Å². The summed E-state index contributed by atoms with van der Waals surface area (Å²) in [5.41, 5.74) is 0.232. The summed E-state index contributed by atoms with van der Waals surface area (Å²) in [5.74, 6) is 0.509. The molecule has 0 bridgehead atoms. The van der Waals surface area contributed by atoms with Gasteiger partial charge in [0.1, 0.15) is 5.69 Å². The zero-order valence-corrected chi connectivity index (χ0v) is 14.1. The van der Waals surface area contributed by atoms with Crippen molar-refractivity contribution in [2.24, 2.45) is 5.92 Å². The highest BCUT2D eigenvalue weighted by Crippen LogP contribution is 2.28. The van der Waals surface area contributed by atoms with Crippen molar-refractivity contribution in [3.63, 3.8) is 0 Å². The summed E-state index contributed by atoms with van der Waals surface area (Å²) in [6.45, 7) is 4.25. The summed E-state index contributed by atoms with van der Waals surface area (Å²) < 4.78 is 0. The van der Waals surface area contributed by atoms with Gasteiger partial charge in [-0.1, -0.05) is 13.3 Å². The molecule has 1 aliphatic carbocycles. The van der Waals surface area contributed by atoms with Crippen LogP contribution in [0.4, 0.5) is 5.69 Å². The van der Waals surface area contributed by atoms with Crippen molar-refractivity contribution in [3.05, 3.63) is 21.5 Å². The van der Waals surface area contributed by atoms with Gasteiger partial charge in [0.05, 0.1) is 4.92 Å². The van der Waals surface area contributed by atoms with Gasteiger partial charge in [-0.05, 0) is 44.6 Å². The van der Waals surface area contributed by atoms with Crippen molar-refractivity contribution in [1.29, 1.82) is 0 Å². The van der Waals surface area contributed by atoms with E-state index in [0.29, 0.717) is 31.2 Å². The molecule has 1 aromatic heterocycles. The summed E-state index contributed by atoms with van der Waals surface area (Å²) in [6, 6.07) is 0.444. The smallest absolute Gasteiger partial charge is 0.322 e. The molecule has 1 amide bonds. The molecule has 8 heteroatoms. The fraction of sp³-hybridized carbons (Fsp3) is 0.750. The minimum Gasteiger partial charge on any atom is -0.337 e. The first kappa shape index (κ1) is 16.9. The quantitative estimate of drug-likeness (QED) is 0.585. The van der Waals surface area contributed by atoms with E-state index in [1.807, 2.05) is 6.92 Å². The fourth-order valence-corrected chi connectivity index (χ4v) is 3.23. The second-order valence-electron chi connectivity index (χ2n) is 6.82. The Morgan fingerprint density at radius 3 is 2.67 bits per heavy atom. The molecule has 1 saturated carbocycles. The van der Waals surface area contributed by atoms with Crippen LogP contribution in [0.25, 0.3) is 0 Å². The maximum atomic E-state index is 12.6. The number of nitro groups is 1. The minimum absolute atomic E-state index is 0.0483. The summed E-state index contributed by atoms with van der Waals surface area (Å²) in [4.78, 5) is 25.2. The van der Waals surface area contributed by atoms with E-state index in [0.717, 1.165) is 31.7 Å². The van der Waals surface area contributed by atoms with E-state index in [1.165, 1.54) is 12.8 Å². The van der Waals surface area contributed by atoms with Crippen LogP contribution in [-0.2, 0) is 6.42 Å². The topological polar surface area (TPSA) is 104 Å². The van der Waals surface area contributed by atoms with Crippen molar-refractivity contribution in [1.82, 2.24) is 20.4 Å². The van der Waals surface area contributed by atoms with E-state index in [9.17, 15) is 14.9 Å². The number of aromatic amines is 1. The second kappa shape index (κ2) is 7.29. The van der Waals surface area contributed by atoms with E-state index >= 15 is 0 Å². The number of carbonyl (C=O) groups is 1. The number of hydrogen-bond donors (Lipinski definition) is 2. The van der Waals surface area contributed by atoms with Crippen molar-refractivity contribution in [2.75, 3.05) is 19.6 Å². The van der Waals surface area contributed by atoms with Crippen LogP contribution in [0.2, 0.25) is 0 Å². The van der Waals surface area contributed by atoms with E-state index in [2.05, 4.69) is 15.5 Å². The van der Waals surface area contributed by atoms with Crippen LogP contribution in [0.1, 0.15) is 55.2 Å². The van der Waals surface area contributed by atoms with E-state index in [4.69, 9.17) is 0 Å². The van der Waals surface area contributed by atoms with Gasteiger partial charge in [-0.3, -0.25) is 20.0 Å². The number of carbonyl (C=O) groups excluding carboxylic acids is 1. The number of amides is 1. The van der Waals surface area contributed by atoms with Crippen LogP contribution in [0.15, 0.2) is 0 Å². The Balaban J connectivity index is 1.61. The molecule has 24 heavy (non-hydrogen) atoms. The van der Waals surface area contributed by atoms with E-state index < -0.39 is 4.92 Å². The maximum Gasteiger partial charge on any atom is 0.322 e. The number of nitrogens with zero attached hydrogens (tertiary/aromatic N) is 3. The SMILES string of the molecule is CCCc1[nH]nc(C(=O)N2CCC(NCC3CC3)CC2)c1[N+](=O)[O-]. The van der Waals surface area contributed by atoms with Gasteiger partial charge in [0.15, 0.2) is 0 Å². The molecular formula is C16H25N5O3. The maximum absolute atomic E-state index is 12.6. The number of nitrogens with one attached hydrogen (secondary N) is 2. The molecule has 1 aliphatic heterocycles. The van der Waals surface area contributed by atoms with Crippen LogP contribution in [0.3, 0.4) is 0 Å². The van der Waals surface area contributed by atoms with Gasteiger partial charge in [0.2, 0.25) is 5.69 Å². The lowest BCUT2D eigenvalue weighted by molar-refractivity contribution is -0.385. The van der Waals surface area contributed by atoms with Gasteiger partial charge in [0, 0.05) is 19.1 Å². The molecule has 8 nitrogen and oxygen atoms in total. The van der Waals surface area contributed by atoms with Gasteiger partial charge in [-0.2, -0.15) is 5.10 Å². The van der Waals surface area contributed by atoms with Crippen LogP contribution >= 0.6 is 0 Å². The van der Waals surface area contributed by atoms with Crippen molar-refractivity contribution in [2.45, 2.75) is 51.5 Å². The van der Waals surface area contributed by atoms with Crippen LogP contribution in [0, 0.1) is 16.0 Å². The largest absolute Gasteiger partial charge is 0.337 e. The van der Waals surface area contributed by atoms with Crippen LogP contribution < -0.4 is 5.32 Å². The molecule has 1 aromatic rings. The van der Waals surface area contributed by atoms with Gasteiger partial charge in [0.25, 0.3) is 5.91 Å². The highest BCUT2D eigenvalue weighted by Gasteiger charge is 2.33. The Morgan fingerprint density at radius 2 is 2.08 bits per heavy atom. The number of aromatic nitrogens is 2. The average Bonchev–Trinajstić information content (AvgIpc) is 3.31. The standard InChI is InChI=1S/C16H25N5O3/c1-2-3-13-15(21(23)24)14(19-18-13)16(22)20-8-6-12(7-9-20)17-10-11-4-5-11/h11-12,17H,2-10H2,1H3,(H,18,19). The van der Waals surface area contributed by atoms with Gasteiger partial charge < -0.3 is 10.2 Å². The second-order valence-corrected chi connectivity index (χ2v) is 6.82. The van der Waals surface area contributed by atoms with Crippen LogP contribution in [-0.4, -0.2) is 51.6 Å². The first-order valence-corrected chi connectivity index (χ1v) is 8.84. The molecule has 132 valence electrons. The molecule has 2 aliphatic rings. The summed E-state index contributed by atoms with van der Waals surface area (Å²) in [5, 5.41) is 21.5. The molecule has 2 heterocycles. The molecule has 2 fully saturated rings. The predicted molar refractivity (Wildman–Crippen MR) is 88.9 cm³/mol. The number of hydrogen-bond acceptors (Lipinski definition) is 5. The molecule has 3 rings (SSSR count). The van der Waals surface area contributed by atoms with Crippen molar-refractivity contribution < 1.29 is 9.72 Å². The third-order valence-corrected chi connectivity index (χ3v) is 4.87. The Hall–Kier alpha value is -1.96. The number of H-pyrrole nitrogens is 1. The van der Waals surface area contributed by atoms with Crippen molar-refractivity contribution >= 4 is 11.6 Å². The first-order chi connectivity index (χ1) is 11.6. The monoisotopic (exact) mass is 335 g/mol. The van der Waals surface area contributed by atoms with Gasteiger partial charge in [-0.25, -0.2) is 0 Å². The molecule has 0 atom stereocenters. The lowest BCUT2D eigenvalue weighted by atomic mass is 10.0. The predicted octanol–water partition coefficient (Wildman–Crippen LogP) is 1.87. The lowest BCUT2D eigenvalue weighted by Gasteiger charge is -2.32. The average molecular weight is 335 g/mol. The zero-order chi connectivity index (χ0) is 17.1. The first-order valence-electron chi connectivity index (χ1n) is 8.84. The molecular weight excluding hydrogens is 310 g/mol. The van der Waals surface area contributed by atoms with Gasteiger partial charge >= 0.3 is 5.69 Å². The summed E-state index contributed by atoms with van der Waals surface area (Å²) >= 11 is 0. The highest BCUT2D eigenvalue weighted by molar-refractivity contribution is 5.96. The normalized spacial score (nSPS) is 18.8. The zero-order valence-electron chi connectivity index (χ0n) is 14.1. The van der Waals surface area contributed by atoms with Crippen molar-refractivity contribution in [3.8, 4) is 0 Å². The van der Waals surface area contributed by atoms with E-state index in [-0.39, 0.29) is 17.3 Å². The number of rotatable bonds is 7. The minimum atomic E-state index is -0.494. The Morgan fingerprint density at radius 1 is 1.38 bits per heavy atom. The number of piperidine rings is 1. The third-order valence-electron chi connectivity index (χ3n) is 4.87. The Labute approximate surface area is 141 Å². The lowest BCUT2D eigenvalue weighted by Crippen LogP contribution is -2.45. The molecule has 0 spiro atoms. The molecule has 0 aromatic carbocycles. The molecule has 2 N–H and O–H groups in total. The summed E-state index contributed by atoms with van der Waals surface area (Å²) in [7, 11) is 0. The highest BCUT2D eigenvalue weighted by atomic mass is 16.6. The Bertz CT molecular complexity index is 603. The Kier molecular flexibility index (Phi) is 5.13. The van der Waals surface area contributed by atoms with E-state index in [1.54, 1.807) is 4.90 Å². The van der Waals surface area contributed by atoms with Crippen LogP contribution in [0.5, 0.6) is 0 Å². The number of aryl methyl sites for hydroxylation is 1. The fourth-order valence-electron chi connectivity index (χ4n) is 3.23. The molecule has 0 unspecified atom stereocenters. The molecule has 1 saturated heterocycles. The summed E-state index contributed by atoms with van der Waals surface area (Å²) in [6.07, 6.45) is 5.70. The third kappa shape index (κ3) is 3.75.